The number of fused-ring (bicyclic) bond motifs is 1. The molecule has 3 rings (SSSR count). The molecule has 0 radical (unpaired) electrons. The van der Waals surface area contributed by atoms with E-state index in [-0.39, 0.29) is 36.7 Å². The maximum atomic E-state index is 15.0. The first kappa shape index (κ1) is 88.1. The molecular formula is C64H92N18O21S2. The van der Waals surface area contributed by atoms with Gasteiger partial charge in [-0.1, -0.05) is 44.2 Å². The van der Waals surface area contributed by atoms with Crippen LogP contribution in [0.2, 0.25) is 0 Å². The first-order valence-electron chi connectivity index (χ1n) is 32.8. The van der Waals surface area contributed by atoms with E-state index in [0.717, 1.165) is 13.8 Å². The van der Waals surface area contributed by atoms with Gasteiger partial charge in [0.1, 0.15) is 72.2 Å². The number of nitrogens with one attached hydrogen (secondary N) is 13. The summed E-state index contributed by atoms with van der Waals surface area (Å²) in [5.74, 6) is -21.2. The van der Waals surface area contributed by atoms with E-state index in [1.54, 1.807) is 44.3 Å². The molecule has 1 heterocycles. The van der Waals surface area contributed by atoms with Crippen LogP contribution in [0.1, 0.15) is 103 Å². The number of carboxylic acids is 1. The summed E-state index contributed by atoms with van der Waals surface area (Å²) in [5.41, 5.74) is 27.9. The Balaban J connectivity index is 2.05. The molecule has 0 saturated carbocycles. The molecule has 0 spiro atoms. The van der Waals surface area contributed by atoms with Crippen molar-refractivity contribution in [3.8, 4) is 5.75 Å². The number of hydrogen-bond acceptors (Lipinski definition) is 22. The Kier molecular flexibility index (Phi) is 36.7. The van der Waals surface area contributed by atoms with Crippen molar-refractivity contribution >= 4 is 143 Å². The molecule has 39 nitrogen and oxygen atoms in total. The van der Waals surface area contributed by atoms with Crippen LogP contribution in [0.25, 0.3) is 10.9 Å². The van der Waals surface area contributed by atoms with Gasteiger partial charge in [-0.05, 0) is 74.3 Å². The van der Waals surface area contributed by atoms with Gasteiger partial charge in [-0.3, -0.25) is 86.3 Å². The number of aliphatic hydroxyl groups is 1. The molecule has 576 valence electrons. The average Bonchev–Trinajstić information content (AvgIpc) is 1.65. The number of carboxylic acid groups (broad SMARTS) is 1. The number of phenols is 1. The number of carbonyl (C=O) groups excluding carboxylic acids is 17. The molecule has 0 aliphatic rings. The third kappa shape index (κ3) is 31.6. The number of aliphatic carboxylic acids is 1. The number of amides is 17. The van der Waals surface area contributed by atoms with Crippen LogP contribution in [-0.2, 0) is 99.1 Å². The zero-order valence-electron chi connectivity index (χ0n) is 57.8. The predicted octanol–water partition coefficient (Wildman–Crippen LogP) is -7.56. The standard InChI is InChI=1S/C64H92N18O21S2/c1-29(2)9-14-37(55(94)73-40(17-20-52(91)92)56(95)79-43(23-49(67)88)54(93)71-26-51(69)90)74-60(99)42(22-33-25-70-36-8-6-5-7-35(33)36)78-59(98)41(21-32-10-12-34(85)13-11-32)77-63(102)46(28-105)81-57(96)38(15-18-47(65)86)75-61(100)44(24-50(68)89)80-64(103)53(30(3)83)82-58(97)39(16-19-48(66)87)76-62(101)45(27-104)72-31(4)84/h5-8,10-13,25,29-30,37-46,53,70,83,85,104-105H,9,14-24,26-28H2,1-4H3,(H2,65,86)(H2,66,87)(H2,67,88)(H2,68,89)(H2,69,90)(H,71,93)(H,72,84)(H,73,94)(H,74,99)(H,75,100)(H,76,101)(H,77,102)(H,78,98)(H,79,95)(H,80,103)(H,81,96)(H,82,97)(H,91,92)/t30-,37+,38+,39+,40+,41+,42+,43+,44+,45+,46+,53+/m1/s1. The Morgan fingerprint density at radius 2 is 0.819 bits per heavy atom. The highest BCUT2D eigenvalue weighted by Gasteiger charge is 2.38. The summed E-state index contributed by atoms with van der Waals surface area (Å²) in [6.07, 6.45) is -6.36. The van der Waals surface area contributed by atoms with Gasteiger partial charge < -0.3 is 113 Å². The number of carbonyl (C=O) groups is 18. The molecule has 0 unspecified atom stereocenters. The number of para-hydroxylation sites is 1. The van der Waals surface area contributed by atoms with Crippen LogP contribution in [0.4, 0.5) is 0 Å². The minimum atomic E-state index is -2.04. The highest BCUT2D eigenvalue weighted by atomic mass is 32.1. The molecule has 1 aromatic heterocycles. The molecule has 3 aromatic rings. The maximum Gasteiger partial charge on any atom is 0.303 e. The van der Waals surface area contributed by atoms with E-state index in [1.165, 1.54) is 24.3 Å². The second-order valence-corrected chi connectivity index (χ2v) is 25.5. The van der Waals surface area contributed by atoms with E-state index in [9.17, 15) is 96.8 Å². The van der Waals surface area contributed by atoms with E-state index in [2.05, 4.69) is 94.0 Å². The summed E-state index contributed by atoms with van der Waals surface area (Å²) in [4.78, 5) is 241. The monoisotopic (exact) mass is 1510 g/mol. The van der Waals surface area contributed by atoms with Gasteiger partial charge in [0, 0.05) is 67.6 Å². The van der Waals surface area contributed by atoms with Gasteiger partial charge in [0.15, 0.2) is 0 Å². The van der Waals surface area contributed by atoms with Gasteiger partial charge in [0.25, 0.3) is 0 Å². The van der Waals surface area contributed by atoms with E-state index < -0.39 is 249 Å². The lowest BCUT2D eigenvalue weighted by Gasteiger charge is -2.28. The Morgan fingerprint density at radius 1 is 0.429 bits per heavy atom. The smallest absolute Gasteiger partial charge is 0.303 e. The quantitative estimate of drug-likeness (QED) is 0.0234. The van der Waals surface area contributed by atoms with Crippen molar-refractivity contribution in [3.63, 3.8) is 0 Å². The lowest BCUT2D eigenvalue weighted by atomic mass is 9.99. The zero-order chi connectivity index (χ0) is 78.9. The first-order valence-corrected chi connectivity index (χ1v) is 34.0. The largest absolute Gasteiger partial charge is 0.508 e. The van der Waals surface area contributed by atoms with Gasteiger partial charge in [0.05, 0.1) is 25.5 Å². The number of aromatic amines is 1. The lowest BCUT2D eigenvalue weighted by Crippen LogP contribution is -2.62. The van der Waals surface area contributed by atoms with Crippen LogP contribution in [0, 0.1) is 5.92 Å². The van der Waals surface area contributed by atoms with Crippen molar-refractivity contribution in [2.45, 2.75) is 177 Å². The summed E-state index contributed by atoms with van der Waals surface area (Å²) in [5, 5.41) is 59.2. The second kappa shape index (κ2) is 43.8. The summed E-state index contributed by atoms with van der Waals surface area (Å²) < 4.78 is 0. The van der Waals surface area contributed by atoms with Gasteiger partial charge in [-0.25, -0.2) is 0 Å². The number of nitrogens with two attached hydrogens (primary N) is 5. The Bertz CT molecular complexity index is 3650. The second-order valence-electron chi connectivity index (χ2n) is 24.8. The van der Waals surface area contributed by atoms with Crippen molar-refractivity contribution in [2.75, 3.05) is 18.1 Å². The molecular weight excluding hydrogens is 1420 g/mol. The predicted molar refractivity (Wildman–Crippen MR) is 378 cm³/mol. The van der Waals surface area contributed by atoms with Crippen LogP contribution in [0.3, 0.4) is 0 Å². The van der Waals surface area contributed by atoms with E-state index in [1.807, 2.05) is 0 Å². The highest BCUT2D eigenvalue weighted by molar-refractivity contribution is 7.80. The maximum absolute atomic E-state index is 15.0. The molecule has 2 aromatic carbocycles. The molecule has 12 atom stereocenters. The van der Waals surface area contributed by atoms with Crippen LogP contribution in [0.15, 0.2) is 54.7 Å². The molecule has 0 fully saturated rings. The van der Waals surface area contributed by atoms with Gasteiger partial charge >= 0.3 is 5.97 Å². The number of rotatable bonds is 47. The number of aromatic hydroxyl groups is 1. The number of thiol groups is 2. The van der Waals surface area contributed by atoms with Crippen LogP contribution in [-0.4, -0.2) is 217 Å². The molecule has 26 N–H and O–H groups in total. The SMILES string of the molecule is CC(=O)N[C@@H](CS)C(=O)N[C@@H](CCC(N)=O)C(=O)N[C@H](C(=O)N[C@@H](CC(N)=O)C(=O)N[C@@H](CCC(N)=O)C(=O)N[C@@H](CS)C(=O)N[C@@H](Cc1ccc(O)cc1)C(=O)N[C@@H](Cc1c[nH]c2ccccc12)C(=O)N[C@@H](CCC(C)C)C(=O)N[C@@H](CCC(=O)O)C(=O)N[C@@H](CC(N)=O)C(=O)NCC(N)=O)[C@@H](C)O. The lowest BCUT2D eigenvalue weighted by molar-refractivity contribution is -0.139. The van der Waals surface area contributed by atoms with Crippen molar-refractivity contribution < 1.29 is 102 Å². The fourth-order valence-electron chi connectivity index (χ4n) is 10.1. The summed E-state index contributed by atoms with van der Waals surface area (Å²) in [6.45, 7) is 4.97. The Hall–Kier alpha value is -11.1. The molecule has 0 bridgehead atoms. The molecule has 0 saturated heterocycles. The number of benzene rings is 2. The fraction of sp³-hybridized carbons (Fsp3) is 0.500. The number of aromatic nitrogens is 1. The molecule has 105 heavy (non-hydrogen) atoms. The topological polar surface area (TPSA) is 658 Å². The average molecular weight is 1510 g/mol. The highest BCUT2D eigenvalue weighted by Crippen LogP contribution is 2.21. The van der Waals surface area contributed by atoms with E-state index in [4.69, 9.17) is 28.7 Å². The van der Waals surface area contributed by atoms with Crippen molar-refractivity contribution in [3.05, 3.63) is 65.9 Å². The van der Waals surface area contributed by atoms with Crippen LogP contribution >= 0.6 is 25.3 Å². The number of hydrogen-bond donors (Lipinski definition) is 23. The Morgan fingerprint density at radius 3 is 1.27 bits per heavy atom. The summed E-state index contributed by atoms with van der Waals surface area (Å²) in [7, 11) is 0. The van der Waals surface area contributed by atoms with Crippen LogP contribution in [0.5, 0.6) is 5.75 Å². The third-order valence-corrected chi connectivity index (χ3v) is 16.3. The van der Waals surface area contributed by atoms with Gasteiger partial charge in [-0.15, -0.1) is 0 Å². The van der Waals surface area contributed by atoms with Gasteiger partial charge in [0.2, 0.25) is 100 Å². The summed E-state index contributed by atoms with van der Waals surface area (Å²) in [6, 6.07) is -6.98. The molecule has 0 aliphatic heterocycles. The first-order chi connectivity index (χ1) is 49.3. The van der Waals surface area contributed by atoms with Crippen molar-refractivity contribution in [1.82, 2.24) is 68.8 Å². The molecule has 41 heteroatoms. The van der Waals surface area contributed by atoms with Gasteiger partial charge in [-0.2, -0.15) is 25.3 Å². The number of H-pyrrole nitrogens is 1. The van der Waals surface area contributed by atoms with Crippen molar-refractivity contribution in [1.29, 1.82) is 0 Å². The van der Waals surface area contributed by atoms with E-state index in [0.29, 0.717) is 22.0 Å². The van der Waals surface area contributed by atoms with Crippen molar-refractivity contribution in [2.24, 2.45) is 34.6 Å². The summed E-state index contributed by atoms with van der Waals surface area (Å²) >= 11 is 8.29. The molecule has 0 aliphatic carbocycles. The minimum absolute atomic E-state index is 0.139. The normalized spacial score (nSPS) is 14.4. The number of phenolic OH excluding ortho intramolecular Hbond substituents is 1. The Labute approximate surface area is 612 Å². The van der Waals surface area contributed by atoms with E-state index >= 15 is 4.79 Å². The fourth-order valence-corrected chi connectivity index (χ4v) is 10.6. The minimum Gasteiger partial charge on any atom is -0.508 e. The number of primary amides is 5. The third-order valence-electron chi connectivity index (χ3n) is 15.6. The zero-order valence-corrected chi connectivity index (χ0v) is 59.6. The van der Waals surface area contributed by atoms with Crippen LogP contribution < -0.4 is 92.5 Å². The number of aliphatic hydroxyl groups excluding tert-OH is 1. The molecule has 17 amide bonds.